The number of carboxylic acid groups (broad SMARTS) is 1. The van der Waals surface area contributed by atoms with Crippen molar-refractivity contribution in [3.63, 3.8) is 0 Å². The van der Waals surface area contributed by atoms with Gasteiger partial charge in [-0.25, -0.2) is 0 Å². The number of ether oxygens (including phenoxy) is 1. The number of carboxylic acids is 1. The Hall–Kier alpha value is -3.60. The summed E-state index contributed by atoms with van der Waals surface area (Å²) in [6.07, 6.45) is 1.47. The van der Waals surface area contributed by atoms with Gasteiger partial charge in [0.25, 0.3) is 5.91 Å². The topological polar surface area (TPSA) is 75.6 Å². The van der Waals surface area contributed by atoms with Crippen LogP contribution in [0.1, 0.15) is 50.5 Å². The molecule has 1 saturated carbocycles. The van der Waals surface area contributed by atoms with Crippen LogP contribution in [0.15, 0.2) is 60.7 Å². The number of benzene rings is 3. The van der Waals surface area contributed by atoms with E-state index in [1.54, 1.807) is 0 Å². The lowest BCUT2D eigenvalue weighted by Crippen LogP contribution is -2.16. The van der Waals surface area contributed by atoms with Crippen LogP contribution in [0.3, 0.4) is 0 Å². The van der Waals surface area contributed by atoms with E-state index in [-0.39, 0.29) is 17.7 Å². The van der Waals surface area contributed by atoms with Crippen molar-refractivity contribution in [2.75, 3.05) is 11.9 Å². The maximum Gasteiger partial charge on any atom is 0.307 e. The minimum atomic E-state index is -0.761. The number of anilines is 1. The molecule has 0 bridgehead atoms. The fraction of sp³-hybridized carbons (Fsp3) is 0.286. The van der Waals surface area contributed by atoms with Gasteiger partial charge in [0.15, 0.2) is 0 Å². The summed E-state index contributed by atoms with van der Waals surface area (Å²) in [5, 5.41) is 12.3. The van der Waals surface area contributed by atoms with Gasteiger partial charge in [-0.05, 0) is 79.1 Å². The van der Waals surface area contributed by atoms with Crippen molar-refractivity contribution >= 4 is 17.6 Å². The summed E-state index contributed by atoms with van der Waals surface area (Å²) in [5.41, 5.74) is 6.17. The Morgan fingerprint density at radius 1 is 0.970 bits per heavy atom. The molecule has 1 fully saturated rings. The summed E-state index contributed by atoms with van der Waals surface area (Å²) >= 11 is 0. The van der Waals surface area contributed by atoms with Crippen molar-refractivity contribution in [2.45, 2.75) is 39.5 Å². The van der Waals surface area contributed by atoms with Gasteiger partial charge in [0.2, 0.25) is 0 Å². The first-order chi connectivity index (χ1) is 15.8. The highest BCUT2D eigenvalue weighted by molar-refractivity contribution is 6.06. The molecule has 5 nitrogen and oxygen atoms in total. The van der Waals surface area contributed by atoms with Gasteiger partial charge in [0.1, 0.15) is 5.75 Å². The number of carbonyl (C=O) groups is 2. The fourth-order valence-corrected chi connectivity index (χ4v) is 4.32. The Bertz CT molecular complexity index is 1160. The predicted octanol–water partition coefficient (Wildman–Crippen LogP) is 5.67. The van der Waals surface area contributed by atoms with Gasteiger partial charge < -0.3 is 15.2 Å². The van der Waals surface area contributed by atoms with Crippen LogP contribution in [-0.2, 0) is 11.2 Å². The lowest BCUT2D eigenvalue weighted by atomic mass is 10.0. The van der Waals surface area contributed by atoms with Crippen LogP contribution in [0.5, 0.6) is 5.75 Å². The van der Waals surface area contributed by atoms with Crippen molar-refractivity contribution in [3.05, 3.63) is 94.0 Å². The third-order valence-electron chi connectivity index (χ3n) is 6.28. The second kappa shape index (κ2) is 9.49. The van der Waals surface area contributed by atoms with Crippen LogP contribution < -0.4 is 10.1 Å². The van der Waals surface area contributed by atoms with E-state index in [9.17, 15) is 14.7 Å². The molecule has 5 heteroatoms. The number of amides is 1. The second-order valence-corrected chi connectivity index (χ2v) is 8.83. The molecule has 1 aliphatic carbocycles. The standard InChI is InChI=1S/C28H29NO4/c1-17-9-10-21(23-16-24(23)28(31)32)15-25(17)29-27(30)26-18(2)13-22(14-19(26)3)33-12-11-20-7-5-4-6-8-20/h4-10,13-15,23-24H,11-12,16H2,1-3H3,(H,29,30)(H,31,32)/t23-,24-/m1/s1. The minimum Gasteiger partial charge on any atom is -0.493 e. The van der Waals surface area contributed by atoms with Gasteiger partial charge in [-0.15, -0.1) is 0 Å². The molecule has 4 rings (SSSR count). The highest BCUT2D eigenvalue weighted by atomic mass is 16.5. The summed E-state index contributed by atoms with van der Waals surface area (Å²) in [6, 6.07) is 19.8. The molecule has 3 aromatic rings. The first kappa shape index (κ1) is 22.6. The van der Waals surface area contributed by atoms with E-state index >= 15 is 0 Å². The molecular formula is C28H29NO4. The Labute approximate surface area is 194 Å². The summed E-state index contributed by atoms with van der Waals surface area (Å²) in [7, 11) is 0. The maximum atomic E-state index is 13.1. The highest BCUT2D eigenvalue weighted by Gasteiger charge is 2.44. The zero-order valence-electron chi connectivity index (χ0n) is 19.2. The normalized spacial score (nSPS) is 16.8. The molecule has 0 saturated heterocycles. The van der Waals surface area contributed by atoms with Crippen molar-refractivity contribution in [3.8, 4) is 5.75 Å². The predicted molar refractivity (Wildman–Crippen MR) is 129 cm³/mol. The molecule has 1 aliphatic rings. The van der Waals surface area contributed by atoms with Gasteiger partial charge in [-0.3, -0.25) is 9.59 Å². The number of rotatable bonds is 8. The Balaban J connectivity index is 1.44. The molecule has 0 aliphatic heterocycles. The van der Waals surface area contributed by atoms with E-state index in [1.807, 2.05) is 69.3 Å². The SMILES string of the molecule is Cc1ccc([C@H]2C[C@H]2C(=O)O)cc1NC(=O)c1c(C)cc(OCCc2ccccc2)cc1C. The quantitative estimate of drug-likeness (QED) is 0.470. The molecule has 2 N–H and O–H groups in total. The smallest absolute Gasteiger partial charge is 0.307 e. The van der Waals surface area contributed by atoms with Gasteiger partial charge in [-0.2, -0.15) is 0 Å². The van der Waals surface area contributed by atoms with Crippen molar-refractivity contribution in [2.24, 2.45) is 5.92 Å². The van der Waals surface area contributed by atoms with Gasteiger partial charge in [-0.1, -0.05) is 42.5 Å². The largest absolute Gasteiger partial charge is 0.493 e. The van der Waals surface area contributed by atoms with Crippen LogP contribution in [-0.4, -0.2) is 23.6 Å². The second-order valence-electron chi connectivity index (χ2n) is 8.83. The highest BCUT2D eigenvalue weighted by Crippen LogP contribution is 2.48. The van der Waals surface area contributed by atoms with Crippen LogP contribution >= 0.6 is 0 Å². The molecule has 1 amide bonds. The number of nitrogens with one attached hydrogen (secondary N) is 1. The molecular weight excluding hydrogens is 414 g/mol. The molecule has 2 atom stereocenters. The van der Waals surface area contributed by atoms with Crippen LogP contribution in [0.2, 0.25) is 0 Å². The Morgan fingerprint density at radius 2 is 1.67 bits per heavy atom. The maximum absolute atomic E-state index is 13.1. The van der Waals surface area contributed by atoms with Crippen molar-refractivity contribution in [1.82, 2.24) is 0 Å². The first-order valence-electron chi connectivity index (χ1n) is 11.3. The van der Waals surface area contributed by atoms with E-state index in [4.69, 9.17) is 4.74 Å². The first-order valence-corrected chi connectivity index (χ1v) is 11.3. The average molecular weight is 444 g/mol. The van der Waals surface area contributed by atoms with E-state index in [2.05, 4.69) is 17.4 Å². The molecule has 170 valence electrons. The number of aryl methyl sites for hydroxylation is 3. The third-order valence-corrected chi connectivity index (χ3v) is 6.28. The van der Waals surface area contributed by atoms with Crippen molar-refractivity contribution < 1.29 is 19.4 Å². The molecule has 0 unspecified atom stereocenters. The molecule has 0 radical (unpaired) electrons. The third kappa shape index (κ3) is 5.25. The number of hydrogen-bond donors (Lipinski definition) is 2. The minimum absolute atomic E-state index is 0.0227. The fourth-order valence-electron chi connectivity index (χ4n) is 4.32. The lowest BCUT2D eigenvalue weighted by molar-refractivity contribution is -0.138. The monoisotopic (exact) mass is 443 g/mol. The lowest BCUT2D eigenvalue weighted by Gasteiger charge is -2.15. The van der Waals surface area contributed by atoms with E-state index in [0.29, 0.717) is 18.6 Å². The number of hydrogen-bond acceptors (Lipinski definition) is 3. The van der Waals surface area contributed by atoms with E-state index in [0.717, 1.165) is 40.1 Å². The molecule has 0 spiro atoms. The zero-order chi connectivity index (χ0) is 23.5. The van der Waals surface area contributed by atoms with Gasteiger partial charge in [0, 0.05) is 17.7 Å². The molecule has 33 heavy (non-hydrogen) atoms. The summed E-state index contributed by atoms with van der Waals surface area (Å²) in [5.74, 6) is -0.482. The Kier molecular flexibility index (Phi) is 6.50. The van der Waals surface area contributed by atoms with Crippen LogP contribution in [0.4, 0.5) is 5.69 Å². The molecule has 3 aromatic carbocycles. The summed E-state index contributed by atoms with van der Waals surface area (Å²) < 4.78 is 5.94. The van der Waals surface area contributed by atoms with Gasteiger partial charge in [0.05, 0.1) is 12.5 Å². The van der Waals surface area contributed by atoms with E-state index < -0.39 is 5.97 Å². The Morgan fingerprint density at radius 3 is 2.30 bits per heavy atom. The summed E-state index contributed by atoms with van der Waals surface area (Å²) in [4.78, 5) is 24.4. The number of carbonyl (C=O) groups excluding carboxylic acids is 1. The van der Waals surface area contributed by atoms with Crippen molar-refractivity contribution in [1.29, 1.82) is 0 Å². The molecule has 0 aromatic heterocycles. The average Bonchev–Trinajstić information content (AvgIpc) is 3.57. The van der Waals surface area contributed by atoms with Gasteiger partial charge >= 0.3 is 5.97 Å². The summed E-state index contributed by atoms with van der Waals surface area (Å²) in [6.45, 7) is 6.33. The zero-order valence-corrected chi connectivity index (χ0v) is 19.2. The van der Waals surface area contributed by atoms with Crippen LogP contribution in [0, 0.1) is 26.7 Å². The van der Waals surface area contributed by atoms with E-state index in [1.165, 1.54) is 5.56 Å². The van der Waals surface area contributed by atoms with Crippen LogP contribution in [0.25, 0.3) is 0 Å². The number of aliphatic carboxylic acids is 1. The molecule has 0 heterocycles.